The smallest absolute Gasteiger partial charge is 0.339 e. The van der Waals surface area contributed by atoms with Crippen LogP contribution in [0.5, 0.6) is 5.75 Å². The first-order valence-corrected chi connectivity index (χ1v) is 11.6. The molecule has 2 aliphatic heterocycles. The van der Waals surface area contributed by atoms with Gasteiger partial charge in [0.25, 0.3) is 0 Å². The van der Waals surface area contributed by atoms with Crippen molar-refractivity contribution in [2.45, 2.75) is 64.8 Å². The number of hydrogen-bond donors (Lipinski definition) is 1. The molecule has 2 saturated heterocycles. The molecule has 1 aromatic heterocycles. The summed E-state index contributed by atoms with van der Waals surface area (Å²) in [5.74, 6) is 0.735. The van der Waals surface area contributed by atoms with Crippen molar-refractivity contribution < 1.29 is 14.3 Å². The molecule has 0 spiro atoms. The van der Waals surface area contributed by atoms with Gasteiger partial charge >= 0.3 is 5.63 Å². The molecule has 168 valence electrons. The first-order valence-electron chi connectivity index (χ1n) is 11.6. The van der Waals surface area contributed by atoms with Crippen LogP contribution in [-0.2, 0) is 11.2 Å². The van der Waals surface area contributed by atoms with E-state index in [1.54, 1.807) is 19.1 Å². The summed E-state index contributed by atoms with van der Waals surface area (Å²) in [5, 5.41) is 10.7. The lowest BCUT2D eigenvalue weighted by molar-refractivity contribution is -0.131. The summed E-state index contributed by atoms with van der Waals surface area (Å²) in [6.07, 6.45) is 6.92. The summed E-state index contributed by atoms with van der Waals surface area (Å²) in [7, 11) is 1.89. The van der Waals surface area contributed by atoms with Crippen LogP contribution in [0.4, 0.5) is 0 Å². The molecule has 1 amide bonds. The van der Waals surface area contributed by atoms with E-state index in [2.05, 4.69) is 4.90 Å². The molecule has 2 fully saturated rings. The highest BCUT2D eigenvalue weighted by atomic mass is 16.4. The van der Waals surface area contributed by atoms with E-state index in [1.165, 1.54) is 45.2 Å². The molecule has 6 heteroatoms. The number of piperidine rings is 2. The molecule has 0 bridgehead atoms. The fraction of sp³-hybridized carbons (Fsp3) is 0.600. The van der Waals surface area contributed by atoms with Gasteiger partial charge in [0.05, 0.1) is 0 Å². The van der Waals surface area contributed by atoms with Crippen LogP contribution >= 0.6 is 0 Å². The number of phenols is 1. The van der Waals surface area contributed by atoms with E-state index in [0.717, 1.165) is 17.5 Å². The maximum absolute atomic E-state index is 12.9. The van der Waals surface area contributed by atoms with Crippen molar-refractivity contribution in [3.63, 3.8) is 0 Å². The maximum Gasteiger partial charge on any atom is 0.339 e. The first-order chi connectivity index (χ1) is 14.9. The van der Waals surface area contributed by atoms with Gasteiger partial charge in [-0.05, 0) is 82.7 Å². The molecule has 0 unspecified atom stereocenters. The Hall–Kier alpha value is -2.34. The van der Waals surface area contributed by atoms with E-state index < -0.39 is 5.63 Å². The third-order valence-corrected chi connectivity index (χ3v) is 7.43. The van der Waals surface area contributed by atoms with Crippen molar-refractivity contribution in [2.75, 3.05) is 26.7 Å². The van der Waals surface area contributed by atoms with E-state index in [1.807, 2.05) is 18.9 Å². The van der Waals surface area contributed by atoms with Gasteiger partial charge in [-0.25, -0.2) is 4.79 Å². The monoisotopic (exact) mass is 426 g/mol. The Balaban J connectivity index is 1.43. The fourth-order valence-electron chi connectivity index (χ4n) is 5.53. The van der Waals surface area contributed by atoms with Crippen molar-refractivity contribution in [3.8, 4) is 5.75 Å². The van der Waals surface area contributed by atoms with E-state index in [9.17, 15) is 14.7 Å². The average molecular weight is 427 g/mol. The lowest BCUT2D eigenvalue weighted by Gasteiger charge is -2.45. The third-order valence-electron chi connectivity index (χ3n) is 7.43. The Morgan fingerprint density at radius 3 is 2.74 bits per heavy atom. The number of hydrogen-bond acceptors (Lipinski definition) is 5. The number of carbonyl (C=O) groups is 1. The maximum atomic E-state index is 12.9. The lowest BCUT2D eigenvalue weighted by atomic mass is 9.83. The van der Waals surface area contributed by atoms with E-state index in [0.29, 0.717) is 41.5 Å². The molecular formula is C25H34N2O4. The van der Waals surface area contributed by atoms with Gasteiger partial charge in [-0.3, -0.25) is 4.79 Å². The summed E-state index contributed by atoms with van der Waals surface area (Å²) in [6.45, 7) is 6.82. The summed E-state index contributed by atoms with van der Waals surface area (Å²) >= 11 is 0. The molecule has 1 aromatic carbocycles. The number of rotatable bonds is 5. The average Bonchev–Trinajstić information content (AvgIpc) is 2.76. The summed E-state index contributed by atoms with van der Waals surface area (Å²) < 4.78 is 5.51. The molecular weight excluding hydrogens is 392 g/mol. The zero-order valence-electron chi connectivity index (χ0n) is 18.9. The van der Waals surface area contributed by atoms with Gasteiger partial charge in [-0.15, -0.1) is 0 Å². The Kier molecular flexibility index (Phi) is 6.37. The van der Waals surface area contributed by atoms with Gasteiger partial charge in [-0.1, -0.05) is 6.42 Å². The number of aromatic hydroxyl groups is 1. The van der Waals surface area contributed by atoms with Crippen molar-refractivity contribution >= 4 is 16.9 Å². The van der Waals surface area contributed by atoms with Crippen molar-refractivity contribution in [2.24, 2.45) is 5.92 Å². The van der Waals surface area contributed by atoms with Gasteiger partial charge < -0.3 is 19.3 Å². The largest absolute Gasteiger partial charge is 0.508 e. The van der Waals surface area contributed by atoms with Crippen LogP contribution in [0.2, 0.25) is 0 Å². The van der Waals surface area contributed by atoms with Gasteiger partial charge in [0.1, 0.15) is 11.3 Å². The highest BCUT2D eigenvalue weighted by molar-refractivity contribution is 5.85. The van der Waals surface area contributed by atoms with Crippen LogP contribution in [0.3, 0.4) is 0 Å². The van der Waals surface area contributed by atoms with Crippen LogP contribution in [0.1, 0.15) is 55.2 Å². The standard InChI is InChI=1S/C25H34N2O4/c1-16-19-9-11-22(28)17(2)24(19)31-25(30)20(16)10-12-23(29)26(3)15-18-7-6-14-27-13-5-4-8-21(18)27/h9,11,18,21,28H,4-8,10,12-15H2,1-3H3/t18-,21-/m1/s1. The van der Waals surface area contributed by atoms with E-state index in [4.69, 9.17) is 4.42 Å². The molecule has 2 aromatic rings. The van der Waals surface area contributed by atoms with Gasteiger partial charge in [0.15, 0.2) is 0 Å². The minimum atomic E-state index is -0.417. The molecule has 0 radical (unpaired) electrons. The summed E-state index contributed by atoms with van der Waals surface area (Å²) in [5.41, 5.74) is 1.94. The van der Waals surface area contributed by atoms with Crippen LogP contribution in [0.25, 0.3) is 11.0 Å². The Morgan fingerprint density at radius 2 is 1.94 bits per heavy atom. The van der Waals surface area contributed by atoms with Gasteiger partial charge in [-0.2, -0.15) is 0 Å². The topological polar surface area (TPSA) is 74.0 Å². The number of nitrogens with zero attached hydrogens (tertiary/aromatic N) is 2. The molecule has 4 rings (SSSR count). The lowest BCUT2D eigenvalue weighted by Crippen LogP contribution is -2.51. The molecule has 0 saturated carbocycles. The number of benzene rings is 1. The number of carbonyl (C=O) groups excluding carboxylic acids is 1. The number of phenolic OH excluding ortho intramolecular Hbond substituents is 1. The highest BCUT2D eigenvalue weighted by Crippen LogP contribution is 2.32. The second-order valence-corrected chi connectivity index (χ2v) is 9.36. The predicted octanol–water partition coefficient (Wildman–Crippen LogP) is 3.77. The van der Waals surface area contributed by atoms with Gasteiger partial charge in [0.2, 0.25) is 5.91 Å². The molecule has 0 aliphatic carbocycles. The van der Waals surface area contributed by atoms with E-state index in [-0.39, 0.29) is 11.7 Å². The molecule has 2 aliphatic rings. The third kappa shape index (κ3) is 4.36. The first kappa shape index (κ1) is 21.9. The number of amides is 1. The second kappa shape index (κ2) is 9.03. The number of aryl methyl sites for hydroxylation is 2. The summed E-state index contributed by atoms with van der Waals surface area (Å²) in [6, 6.07) is 4.01. The molecule has 2 atom stereocenters. The van der Waals surface area contributed by atoms with Gasteiger partial charge in [0, 0.05) is 42.6 Å². The molecule has 6 nitrogen and oxygen atoms in total. The van der Waals surface area contributed by atoms with E-state index >= 15 is 0 Å². The van der Waals surface area contributed by atoms with Crippen LogP contribution in [0.15, 0.2) is 21.3 Å². The minimum absolute atomic E-state index is 0.0775. The quantitative estimate of drug-likeness (QED) is 0.737. The highest BCUT2D eigenvalue weighted by Gasteiger charge is 2.34. The Morgan fingerprint density at radius 1 is 1.16 bits per heavy atom. The Bertz CT molecular complexity index is 1030. The molecule has 3 heterocycles. The molecule has 1 N–H and O–H groups in total. The number of fused-ring (bicyclic) bond motifs is 2. The zero-order chi connectivity index (χ0) is 22.1. The van der Waals surface area contributed by atoms with Crippen LogP contribution < -0.4 is 5.63 Å². The normalized spacial score (nSPS) is 21.8. The minimum Gasteiger partial charge on any atom is -0.508 e. The summed E-state index contributed by atoms with van der Waals surface area (Å²) in [4.78, 5) is 30.0. The fourth-order valence-corrected chi connectivity index (χ4v) is 5.53. The molecule has 31 heavy (non-hydrogen) atoms. The zero-order valence-corrected chi connectivity index (χ0v) is 18.9. The van der Waals surface area contributed by atoms with Crippen molar-refractivity contribution in [1.29, 1.82) is 0 Å². The van der Waals surface area contributed by atoms with Crippen molar-refractivity contribution in [3.05, 3.63) is 39.2 Å². The predicted molar refractivity (Wildman–Crippen MR) is 122 cm³/mol. The SMILES string of the molecule is Cc1c(CCC(=O)N(C)C[C@H]2CCCN3CCCC[C@H]23)c(=O)oc2c(C)c(O)ccc12. The van der Waals surface area contributed by atoms with Crippen molar-refractivity contribution in [1.82, 2.24) is 9.80 Å². The second-order valence-electron chi connectivity index (χ2n) is 9.36. The van der Waals surface area contributed by atoms with Crippen LogP contribution in [0, 0.1) is 19.8 Å². The Labute approximate surface area is 183 Å². The van der Waals surface area contributed by atoms with Crippen LogP contribution in [-0.4, -0.2) is 53.5 Å².